The third kappa shape index (κ3) is 16.6. The average Bonchev–Trinajstić information content (AvgIpc) is 2.66. The Morgan fingerprint density at radius 2 is 1.07 bits per heavy atom. The van der Waals surface area contributed by atoms with Crippen LogP contribution in [0.4, 0.5) is 0 Å². The van der Waals surface area contributed by atoms with Gasteiger partial charge in [-0.15, -0.1) is 0 Å². The van der Waals surface area contributed by atoms with Crippen LogP contribution in [0.1, 0.15) is 0 Å². The fourth-order valence-corrected chi connectivity index (χ4v) is 1.38. The van der Waals surface area contributed by atoms with Gasteiger partial charge in [0.05, 0.1) is 33.5 Å². The van der Waals surface area contributed by atoms with E-state index in [2.05, 4.69) is 9.47 Å². The van der Waals surface area contributed by atoms with E-state index in [0.29, 0.717) is 0 Å². The van der Waals surface area contributed by atoms with Gasteiger partial charge < -0.3 is 28.4 Å². The number of ketones is 1. The highest BCUT2D eigenvalue weighted by molar-refractivity contribution is 5.96. The number of ether oxygens (including phenoxy) is 6. The number of hydrogen-bond acceptors (Lipinski definition) is 10. The minimum atomic E-state index is -0.681. The second-order valence-electron chi connectivity index (χ2n) is 4.65. The molecule has 0 atom stereocenters. The van der Waals surface area contributed by atoms with Crippen molar-refractivity contribution < 1.29 is 47.6 Å². The number of hydrogen-bond donors (Lipinski definition) is 0. The highest BCUT2D eigenvalue weighted by Gasteiger charge is 2.01. The van der Waals surface area contributed by atoms with Crippen LogP contribution < -0.4 is 0 Å². The van der Waals surface area contributed by atoms with E-state index in [9.17, 15) is 19.2 Å². The molecule has 0 aromatic carbocycles. The second kappa shape index (κ2) is 16.9. The summed E-state index contributed by atoms with van der Waals surface area (Å²) in [6.07, 6.45) is 4.01. The largest absolute Gasteiger partial charge is 0.466 e. The molecule has 0 N–H and O–H groups in total. The van der Waals surface area contributed by atoms with Crippen LogP contribution in [-0.2, 0) is 47.6 Å². The van der Waals surface area contributed by atoms with Crippen molar-refractivity contribution in [1.82, 2.24) is 0 Å². The molecule has 0 aliphatic heterocycles. The molecule has 10 heteroatoms. The van der Waals surface area contributed by atoms with Crippen molar-refractivity contribution in [2.75, 3.05) is 60.5 Å². The summed E-state index contributed by atoms with van der Waals surface area (Å²) in [5.41, 5.74) is 0. The van der Waals surface area contributed by atoms with Crippen LogP contribution in [0.25, 0.3) is 0 Å². The summed E-state index contributed by atoms with van der Waals surface area (Å²) in [5, 5.41) is 0. The van der Waals surface area contributed by atoms with E-state index in [1.807, 2.05) is 0 Å². The van der Waals surface area contributed by atoms with E-state index in [1.165, 1.54) is 14.2 Å². The molecular formula is C17H24O10. The third-order valence-corrected chi connectivity index (χ3v) is 2.56. The molecule has 152 valence electrons. The molecule has 0 amide bonds. The molecule has 0 spiro atoms. The lowest BCUT2D eigenvalue weighted by molar-refractivity contribution is -0.141. The van der Waals surface area contributed by atoms with Gasteiger partial charge in [-0.05, 0) is 6.08 Å². The Kier molecular flexibility index (Phi) is 15.3. The van der Waals surface area contributed by atoms with Crippen molar-refractivity contribution in [1.29, 1.82) is 0 Å². The number of esters is 3. The maximum absolute atomic E-state index is 11.3. The lowest BCUT2D eigenvalue weighted by Gasteiger charge is -2.06. The summed E-state index contributed by atoms with van der Waals surface area (Å²) >= 11 is 0. The normalized spacial score (nSPS) is 10.9. The van der Waals surface area contributed by atoms with Gasteiger partial charge in [0.2, 0.25) is 0 Å². The molecule has 0 bridgehead atoms. The van der Waals surface area contributed by atoms with E-state index < -0.39 is 17.9 Å². The minimum Gasteiger partial charge on any atom is -0.466 e. The molecule has 27 heavy (non-hydrogen) atoms. The SMILES string of the molecule is COCC(=O)/C=C/C(=O)OCCOCCOCCOC(=O)/C=C/C(=O)OC. The number of rotatable bonds is 15. The fraction of sp³-hybridized carbons (Fsp3) is 0.529. The van der Waals surface area contributed by atoms with Crippen molar-refractivity contribution in [3.05, 3.63) is 24.3 Å². The lowest BCUT2D eigenvalue weighted by Crippen LogP contribution is -2.14. The molecule has 0 unspecified atom stereocenters. The predicted octanol–water partition coefficient (Wildman–Crippen LogP) is -0.393. The zero-order valence-corrected chi connectivity index (χ0v) is 15.3. The topological polar surface area (TPSA) is 124 Å². The maximum Gasteiger partial charge on any atom is 0.331 e. The predicted molar refractivity (Wildman–Crippen MR) is 90.7 cm³/mol. The molecule has 0 saturated heterocycles. The molecule has 0 rings (SSSR count). The van der Waals surface area contributed by atoms with E-state index in [0.717, 1.165) is 24.3 Å². The van der Waals surface area contributed by atoms with Crippen molar-refractivity contribution >= 4 is 23.7 Å². The molecule has 0 aromatic rings. The number of methoxy groups -OCH3 is 2. The molecule has 0 fully saturated rings. The summed E-state index contributed by atoms with van der Waals surface area (Å²) in [6.45, 7) is 0.807. The first-order valence-electron chi connectivity index (χ1n) is 7.94. The van der Waals surface area contributed by atoms with Gasteiger partial charge in [0.25, 0.3) is 0 Å². The Labute approximate surface area is 157 Å². The van der Waals surface area contributed by atoms with Crippen LogP contribution in [0.3, 0.4) is 0 Å². The van der Waals surface area contributed by atoms with E-state index >= 15 is 0 Å². The highest BCUT2D eigenvalue weighted by atomic mass is 16.6. The summed E-state index contributed by atoms with van der Waals surface area (Å²) < 4.78 is 28.8. The van der Waals surface area contributed by atoms with E-state index in [1.54, 1.807) is 0 Å². The number of carbonyl (C=O) groups excluding carboxylic acids is 4. The Bertz CT molecular complexity index is 524. The van der Waals surface area contributed by atoms with Gasteiger partial charge in [-0.2, -0.15) is 0 Å². The first kappa shape index (κ1) is 24.4. The lowest BCUT2D eigenvalue weighted by atomic mass is 10.3. The maximum atomic E-state index is 11.3. The summed E-state index contributed by atoms with van der Waals surface area (Å²) in [4.78, 5) is 44.3. The standard InChI is InChI=1S/C17H24O10/c1-22-13-14(18)3-4-16(20)26-11-9-24-7-8-25-10-12-27-17(21)6-5-15(19)23-2/h3-6H,7-13H2,1-2H3/b4-3+,6-5+. The van der Waals surface area contributed by atoms with Crippen LogP contribution in [-0.4, -0.2) is 84.2 Å². The van der Waals surface area contributed by atoms with Gasteiger partial charge in [0, 0.05) is 25.3 Å². The molecule has 0 saturated carbocycles. The van der Waals surface area contributed by atoms with Crippen molar-refractivity contribution in [3.8, 4) is 0 Å². The first-order valence-corrected chi connectivity index (χ1v) is 7.94. The highest BCUT2D eigenvalue weighted by Crippen LogP contribution is 1.88. The average molecular weight is 388 g/mol. The molecular weight excluding hydrogens is 364 g/mol. The Morgan fingerprint density at radius 3 is 1.56 bits per heavy atom. The summed E-state index contributed by atoms with van der Waals surface area (Å²) in [7, 11) is 2.57. The second-order valence-corrected chi connectivity index (χ2v) is 4.65. The van der Waals surface area contributed by atoms with Crippen LogP contribution >= 0.6 is 0 Å². The third-order valence-electron chi connectivity index (χ3n) is 2.56. The van der Waals surface area contributed by atoms with Crippen LogP contribution in [0, 0.1) is 0 Å². The Balaban J connectivity index is 3.49. The Morgan fingerprint density at radius 1 is 0.630 bits per heavy atom. The van der Waals surface area contributed by atoms with E-state index in [4.69, 9.17) is 18.9 Å². The summed E-state index contributed by atoms with van der Waals surface area (Å²) in [5.74, 6) is -2.32. The molecule has 0 heterocycles. The van der Waals surface area contributed by atoms with Crippen molar-refractivity contribution in [2.45, 2.75) is 0 Å². The molecule has 0 aromatic heterocycles. The van der Waals surface area contributed by atoms with Crippen molar-refractivity contribution in [2.24, 2.45) is 0 Å². The quantitative estimate of drug-likeness (QED) is 0.158. The van der Waals surface area contributed by atoms with Crippen LogP contribution in [0.5, 0.6) is 0 Å². The summed E-state index contributed by atoms with van der Waals surface area (Å²) in [6, 6.07) is 0. The minimum absolute atomic E-state index is 0.0239. The molecule has 0 aliphatic rings. The molecule has 10 nitrogen and oxygen atoms in total. The van der Waals surface area contributed by atoms with Gasteiger partial charge >= 0.3 is 17.9 Å². The smallest absolute Gasteiger partial charge is 0.331 e. The first-order chi connectivity index (χ1) is 13.0. The molecule has 0 aliphatic carbocycles. The monoisotopic (exact) mass is 388 g/mol. The van der Waals surface area contributed by atoms with Gasteiger partial charge in [0.15, 0.2) is 5.78 Å². The van der Waals surface area contributed by atoms with Gasteiger partial charge in [-0.1, -0.05) is 0 Å². The molecule has 0 radical (unpaired) electrons. The number of carbonyl (C=O) groups is 4. The Hall–Kier alpha value is -2.56. The van der Waals surface area contributed by atoms with Crippen LogP contribution in [0.2, 0.25) is 0 Å². The zero-order valence-electron chi connectivity index (χ0n) is 15.3. The van der Waals surface area contributed by atoms with Crippen molar-refractivity contribution in [3.63, 3.8) is 0 Å². The van der Waals surface area contributed by atoms with E-state index in [-0.39, 0.29) is 52.0 Å². The van der Waals surface area contributed by atoms with Gasteiger partial charge in [-0.25, -0.2) is 14.4 Å². The zero-order chi connectivity index (χ0) is 20.3. The van der Waals surface area contributed by atoms with Gasteiger partial charge in [0.1, 0.15) is 19.8 Å². The fourth-order valence-electron chi connectivity index (χ4n) is 1.38. The van der Waals surface area contributed by atoms with Crippen LogP contribution in [0.15, 0.2) is 24.3 Å². The van der Waals surface area contributed by atoms with Gasteiger partial charge in [-0.3, -0.25) is 4.79 Å².